The summed E-state index contributed by atoms with van der Waals surface area (Å²) in [6, 6.07) is 25.4. The molecular formula is C25H27N3O2. The largest absolute Gasteiger partial charge is 0.465 e. The van der Waals surface area contributed by atoms with Crippen molar-refractivity contribution in [1.29, 1.82) is 0 Å². The number of methoxy groups -OCH3 is 1. The van der Waals surface area contributed by atoms with E-state index >= 15 is 0 Å². The van der Waals surface area contributed by atoms with Crippen LogP contribution < -0.4 is 0 Å². The number of pyridine rings is 1. The Bertz CT molecular complexity index is 898. The molecule has 1 aliphatic rings. The van der Waals surface area contributed by atoms with Crippen LogP contribution in [0.5, 0.6) is 0 Å². The second-order valence-electron chi connectivity index (χ2n) is 7.57. The molecule has 0 unspecified atom stereocenters. The molecule has 2 heterocycles. The summed E-state index contributed by atoms with van der Waals surface area (Å²) in [6.07, 6.45) is 1.60. The monoisotopic (exact) mass is 401 g/mol. The number of benzene rings is 2. The van der Waals surface area contributed by atoms with Gasteiger partial charge in [0.15, 0.2) is 0 Å². The van der Waals surface area contributed by atoms with E-state index in [0.717, 1.165) is 38.4 Å². The summed E-state index contributed by atoms with van der Waals surface area (Å²) in [6.45, 7) is 4.74. The topological polar surface area (TPSA) is 45.7 Å². The van der Waals surface area contributed by atoms with Crippen molar-refractivity contribution in [3.63, 3.8) is 0 Å². The van der Waals surface area contributed by atoms with Gasteiger partial charge < -0.3 is 4.74 Å². The number of hydrogen-bond acceptors (Lipinski definition) is 5. The summed E-state index contributed by atoms with van der Waals surface area (Å²) >= 11 is 0. The fourth-order valence-electron chi connectivity index (χ4n) is 4.05. The molecule has 1 aromatic heterocycles. The van der Waals surface area contributed by atoms with E-state index in [4.69, 9.17) is 4.74 Å². The first-order chi connectivity index (χ1) is 14.7. The Morgan fingerprint density at radius 2 is 1.50 bits per heavy atom. The molecule has 5 heteroatoms. The number of piperazine rings is 1. The number of aromatic nitrogens is 1. The van der Waals surface area contributed by atoms with Crippen molar-refractivity contribution in [2.24, 2.45) is 0 Å². The first-order valence-electron chi connectivity index (χ1n) is 10.3. The van der Waals surface area contributed by atoms with E-state index in [-0.39, 0.29) is 12.0 Å². The van der Waals surface area contributed by atoms with E-state index in [1.54, 1.807) is 12.3 Å². The summed E-state index contributed by atoms with van der Waals surface area (Å²) in [5.74, 6) is -0.351. The van der Waals surface area contributed by atoms with Crippen molar-refractivity contribution in [3.05, 3.63) is 101 Å². The Hall–Kier alpha value is -3.02. The van der Waals surface area contributed by atoms with E-state index in [9.17, 15) is 4.79 Å². The quantitative estimate of drug-likeness (QED) is 0.589. The minimum absolute atomic E-state index is 0.270. The second kappa shape index (κ2) is 9.65. The predicted molar refractivity (Wildman–Crippen MR) is 117 cm³/mol. The Balaban J connectivity index is 1.42. The van der Waals surface area contributed by atoms with Gasteiger partial charge in [0.05, 0.1) is 24.4 Å². The highest BCUT2D eigenvalue weighted by atomic mass is 16.5. The van der Waals surface area contributed by atoms with Gasteiger partial charge in [-0.25, -0.2) is 4.79 Å². The van der Waals surface area contributed by atoms with Crippen molar-refractivity contribution in [2.75, 3.05) is 33.3 Å². The van der Waals surface area contributed by atoms with Crippen LogP contribution in [0.1, 0.15) is 33.2 Å². The summed E-state index contributed by atoms with van der Waals surface area (Å²) in [5.41, 5.74) is 4.12. The lowest BCUT2D eigenvalue weighted by atomic mass is 9.96. The van der Waals surface area contributed by atoms with Gasteiger partial charge in [0, 0.05) is 38.9 Å². The predicted octanol–water partition coefficient (Wildman–Crippen LogP) is 3.78. The minimum atomic E-state index is -0.351. The van der Waals surface area contributed by atoms with Crippen LogP contribution in [0.25, 0.3) is 0 Å². The molecule has 154 valence electrons. The molecule has 1 aliphatic heterocycles. The zero-order valence-electron chi connectivity index (χ0n) is 17.3. The van der Waals surface area contributed by atoms with Crippen molar-refractivity contribution in [2.45, 2.75) is 12.6 Å². The van der Waals surface area contributed by atoms with E-state index < -0.39 is 0 Å². The summed E-state index contributed by atoms with van der Waals surface area (Å²) in [5, 5.41) is 0. The molecule has 0 N–H and O–H groups in total. The van der Waals surface area contributed by atoms with Crippen molar-refractivity contribution < 1.29 is 9.53 Å². The Morgan fingerprint density at radius 3 is 2.00 bits per heavy atom. The molecule has 1 fully saturated rings. The molecule has 0 bridgehead atoms. The molecule has 1 saturated heterocycles. The SMILES string of the molecule is COC(=O)c1ccc(CN2CCN(C(c3ccccc3)c3ccccc3)CC2)nc1. The zero-order chi connectivity index (χ0) is 20.8. The lowest BCUT2D eigenvalue weighted by molar-refractivity contribution is 0.0600. The minimum Gasteiger partial charge on any atom is -0.465 e. The lowest BCUT2D eigenvalue weighted by Gasteiger charge is -2.39. The van der Waals surface area contributed by atoms with Crippen molar-refractivity contribution >= 4 is 5.97 Å². The van der Waals surface area contributed by atoms with E-state index in [0.29, 0.717) is 5.56 Å². The number of esters is 1. The highest BCUT2D eigenvalue weighted by Crippen LogP contribution is 2.29. The van der Waals surface area contributed by atoms with Gasteiger partial charge in [0.25, 0.3) is 0 Å². The van der Waals surface area contributed by atoms with Crippen molar-refractivity contribution in [1.82, 2.24) is 14.8 Å². The molecule has 0 aliphatic carbocycles. The normalized spacial score (nSPS) is 15.3. The zero-order valence-corrected chi connectivity index (χ0v) is 17.3. The smallest absolute Gasteiger partial charge is 0.339 e. The number of hydrogen-bond donors (Lipinski definition) is 0. The summed E-state index contributed by atoms with van der Waals surface area (Å²) in [4.78, 5) is 21.0. The number of rotatable bonds is 6. The summed E-state index contributed by atoms with van der Waals surface area (Å²) in [7, 11) is 1.38. The van der Waals surface area contributed by atoms with Gasteiger partial charge in [0.2, 0.25) is 0 Å². The highest BCUT2D eigenvalue weighted by Gasteiger charge is 2.26. The number of nitrogens with zero attached hydrogens (tertiary/aromatic N) is 3. The third-order valence-corrected chi connectivity index (χ3v) is 5.63. The number of carbonyl (C=O) groups is 1. The van der Waals surface area contributed by atoms with Crippen LogP contribution in [0.2, 0.25) is 0 Å². The third-order valence-electron chi connectivity index (χ3n) is 5.63. The van der Waals surface area contributed by atoms with Crippen LogP contribution in [0.3, 0.4) is 0 Å². The van der Waals surface area contributed by atoms with E-state index in [2.05, 4.69) is 75.4 Å². The standard InChI is InChI=1S/C25H27N3O2/c1-30-25(29)22-12-13-23(26-18-22)19-27-14-16-28(17-15-27)24(20-8-4-2-5-9-20)21-10-6-3-7-11-21/h2-13,18,24H,14-17,19H2,1H3. The van der Waals surface area contributed by atoms with Gasteiger partial charge in [-0.2, -0.15) is 0 Å². The molecule has 4 rings (SSSR count). The molecule has 0 atom stereocenters. The average molecular weight is 402 g/mol. The summed E-state index contributed by atoms with van der Waals surface area (Å²) < 4.78 is 4.74. The fraction of sp³-hybridized carbons (Fsp3) is 0.280. The van der Waals surface area contributed by atoms with Gasteiger partial charge in [-0.3, -0.25) is 14.8 Å². The molecule has 30 heavy (non-hydrogen) atoms. The molecular weight excluding hydrogens is 374 g/mol. The van der Waals surface area contributed by atoms with Crippen LogP contribution >= 0.6 is 0 Å². The van der Waals surface area contributed by atoms with Gasteiger partial charge in [-0.15, -0.1) is 0 Å². The second-order valence-corrected chi connectivity index (χ2v) is 7.57. The average Bonchev–Trinajstić information content (AvgIpc) is 2.82. The van der Waals surface area contributed by atoms with Crippen LogP contribution in [0, 0.1) is 0 Å². The van der Waals surface area contributed by atoms with Gasteiger partial charge in [-0.05, 0) is 23.3 Å². The Labute approximate surface area is 177 Å². The molecule has 3 aromatic rings. The van der Waals surface area contributed by atoms with E-state index in [1.807, 2.05) is 6.07 Å². The molecule has 2 aromatic carbocycles. The Kier molecular flexibility index (Phi) is 6.52. The van der Waals surface area contributed by atoms with Crippen LogP contribution in [0.15, 0.2) is 79.0 Å². The van der Waals surface area contributed by atoms with Gasteiger partial charge in [0.1, 0.15) is 0 Å². The maximum absolute atomic E-state index is 11.6. The molecule has 5 nitrogen and oxygen atoms in total. The first-order valence-corrected chi connectivity index (χ1v) is 10.3. The first kappa shape index (κ1) is 20.3. The maximum Gasteiger partial charge on any atom is 0.339 e. The van der Waals surface area contributed by atoms with Crippen LogP contribution in [-0.4, -0.2) is 54.0 Å². The van der Waals surface area contributed by atoms with Crippen molar-refractivity contribution in [3.8, 4) is 0 Å². The molecule has 0 saturated carbocycles. The van der Waals surface area contributed by atoms with Crippen LogP contribution in [0.4, 0.5) is 0 Å². The number of carbonyl (C=O) groups excluding carboxylic acids is 1. The Morgan fingerprint density at radius 1 is 0.900 bits per heavy atom. The highest BCUT2D eigenvalue weighted by molar-refractivity contribution is 5.88. The van der Waals surface area contributed by atoms with Gasteiger partial charge >= 0.3 is 5.97 Å². The van der Waals surface area contributed by atoms with Gasteiger partial charge in [-0.1, -0.05) is 60.7 Å². The lowest BCUT2D eigenvalue weighted by Crippen LogP contribution is -2.47. The fourth-order valence-corrected chi connectivity index (χ4v) is 4.05. The van der Waals surface area contributed by atoms with E-state index in [1.165, 1.54) is 18.2 Å². The third kappa shape index (κ3) is 4.75. The molecule has 0 spiro atoms. The van der Waals surface area contributed by atoms with Crippen LogP contribution in [-0.2, 0) is 11.3 Å². The molecule has 0 amide bonds. The maximum atomic E-state index is 11.6. The number of ether oxygens (including phenoxy) is 1. The molecule has 0 radical (unpaired) electrons.